The van der Waals surface area contributed by atoms with Crippen LogP contribution in [0.4, 0.5) is 5.69 Å². The van der Waals surface area contributed by atoms with Crippen LogP contribution in [0.1, 0.15) is 52.0 Å². The maximum atomic E-state index is 4.33. The summed E-state index contributed by atoms with van der Waals surface area (Å²) in [6.07, 6.45) is 9.15. The minimum absolute atomic E-state index is 0.527. The van der Waals surface area contributed by atoms with Crippen molar-refractivity contribution in [3.8, 4) is 0 Å². The third-order valence-electron chi connectivity index (χ3n) is 4.69. The van der Waals surface area contributed by atoms with E-state index in [-0.39, 0.29) is 0 Å². The first-order valence-electron chi connectivity index (χ1n) is 7.90. The fourth-order valence-corrected chi connectivity index (χ4v) is 3.11. The normalized spacial score (nSPS) is 19.0. The van der Waals surface area contributed by atoms with Gasteiger partial charge in [-0.2, -0.15) is 0 Å². The zero-order chi connectivity index (χ0) is 14.6. The Kier molecular flexibility index (Phi) is 5.03. The lowest BCUT2D eigenvalue weighted by molar-refractivity contribution is 0.222. The summed E-state index contributed by atoms with van der Waals surface area (Å²) in [6.45, 7) is 8.86. The van der Waals surface area contributed by atoms with Gasteiger partial charge in [-0.15, -0.1) is 0 Å². The molecule has 0 unspecified atom stereocenters. The topological polar surface area (TPSA) is 28.2 Å². The van der Waals surface area contributed by atoms with Crippen LogP contribution in [0.25, 0.3) is 0 Å². The van der Waals surface area contributed by atoms with E-state index in [9.17, 15) is 0 Å². The average molecular weight is 275 g/mol. The molecule has 3 heteroatoms. The molecule has 1 aliphatic carbocycles. The van der Waals surface area contributed by atoms with Gasteiger partial charge in [0.05, 0.1) is 11.9 Å². The minimum Gasteiger partial charge on any atom is -0.370 e. The maximum Gasteiger partial charge on any atom is 0.0598 e. The van der Waals surface area contributed by atoms with E-state index in [1.54, 1.807) is 0 Å². The molecule has 1 saturated carbocycles. The second kappa shape index (κ2) is 6.57. The van der Waals surface area contributed by atoms with Gasteiger partial charge < -0.3 is 10.2 Å². The highest BCUT2D eigenvalue weighted by molar-refractivity contribution is 5.52. The van der Waals surface area contributed by atoms with Gasteiger partial charge in [-0.25, -0.2) is 0 Å². The van der Waals surface area contributed by atoms with Crippen LogP contribution in [0.2, 0.25) is 0 Å². The number of nitrogens with zero attached hydrogens (tertiary/aromatic N) is 2. The van der Waals surface area contributed by atoms with E-state index < -0.39 is 0 Å². The zero-order valence-electron chi connectivity index (χ0n) is 13.4. The fourth-order valence-electron chi connectivity index (χ4n) is 3.11. The van der Waals surface area contributed by atoms with Gasteiger partial charge in [0.15, 0.2) is 0 Å². The molecule has 3 nitrogen and oxygen atoms in total. The largest absolute Gasteiger partial charge is 0.370 e. The van der Waals surface area contributed by atoms with E-state index in [1.807, 2.05) is 12.4 Å². The van der Waals surface area contributed by atoms with E-state index >= 15 is 0 Å². The smallest absolute Gasteiger partial charge is 0.0598 e. The monoisotopic (exact) mass is 275 g/mol. The van der Waals surface area contributed by atoms with Crippen LogP contribution >= 0.6 is 0 Å². The molecule has 20 heavy (non-hydrogen) atoms. The Labute approximate surface area is 123 Å². The van der Waals surface area contributed by atoms with Crippen molar-refractivity contribution in [1.29, 1.82) is 0 Å². The molecule has 0 spiro atoms. The van der Waals surface area contributed by atoms with Crippen LogP contribution in [-0.2, 0) is 6.54 Å². The Balaban J connectivity index is 2.07. The molecule has 1 fully saturated rings. The summed E-state index contributed by atoms with van der Waals surface area (Å²) in [5, 5.41) is 3.42. The van der Waals surface area contributed by atoms with Crippen LogP contribution in [0, 0.1) is 5.41 Å². The summed E-state index contributed by atoms with van der Waals surface area (Å²) in [4.78, 5) is 6.78. The second-order valence-corrected chi connectivity index (χ2v) is 6.79. The van der Waals surface area contributed by atoms with Crippen LogP contribution < -0.4 is 10.2 Å². The number of hydrogen-bond acceptors (Lipinski definition) is 3. The molecule has 0 atom stereocenters. The lowest BCUT2D eigenvalue weighted by Gasteiger charge is -2.40. The van der Waals surface area contributed by atoms with Gasteiger partial charge >= 0.3 is 0 Å². The van der Waals surface area contributed by atoms with E-state index in [1.165, 1.54) is 36.9 Å². The van der Waals surface area contributed by atoms with E-state index in [2.05, 4.69) is 49.1 Å². The molecular formula is C17H29N3. The number of rotatable bonds is 5. The first kappa shape index (κ1) is 15.3. The molecule has 0 aliphatic heterocycles. The van der Waals surface area contributed by atoms with E-state index in [0.29, 0.717) is 11.5 Å². The molecule has 0 amide bonds. The lowest BCUT2D eigenvalue weighted by atomic mass is 9.75. The van der Waals surface area contributed by atoms with Crippen LogP contribution in [0.5, 0.6) is 0 Å². The van der Waals surface area contributed by atoms with Crippen molar-refractivity contribution in [2.75, 3.05) is 18.5 Å². The number of nitrogens with one attached hydrogen (secondary N) is 1. The molecule has 112 valence electrons. The molecule has 1 aromatic rings. The molecule has 0 bridgehead atoms. The second-order valence-electron chi connectivity index (χ2n) is 6.79. The minimum atomic E-state index is 0.527. The summed E-state index contributed by atoms with van der Waals surface area (Å²) in [5.41, 5.74) is 3.17. The first-order valence-corrected chi connectivity index (χ1v) is 7.90. The van der Waals surface area contributed by atoms with Gasteiger partial charge in [-0.1, -0.05) is 20.8 Å². The van der Waals surface area contributed by atoms with Gasteiger partial charge in [0.2, 0.25) is 0 Å². The number of pyridine rings is 1. The quantitative estimate of drug-likeness (QED) is 0.890. The SMILES string of the molecule is CCNCc1ccncc1N(C)C1CCC(C)(C)CC1. The highest BCUT2D eigenvalue weighted by Crippen LogP contribution is 2.38. The third kappa shape index (κ3) is 3.72. The molecule has 1 aliphatic rings. The van der Waals surface area contributed by atoms with Crippen molar-refractivity contribution in [3.05, 3.63) is 24.0 Å². The summed E-state index contributed by atoms with van der Waals surface area (Å²) in [7, 11) is 2.23. The summed E-state index contributed by atoms with van der Waals surface area (Å²) >= 11 is 0. The van der Waals surface area contributed by atoms with Gasteiger partial charge in [0.1, 0.15) is 0 Å². The lowest BCUT2D eigenvalue weighted by Crippen LogP contribution is -2.38. The van der Waals surface area contributed by atoms with Gasteiger partial charge in [-0.3, -0.25) is 4.98 Å². The van der Waals surface area contributed by atoms with Crippen molar-refractivity contribution in [1.82, 2.24) is 10.3 Å². The molecular weight excluding hydrogens is 246 g/mol. The maximum absolute atomic E-state index is 4.33. The average Bonchev–Trinajstić information content (AvgIpc) is 2.45. The fraction of sp³-hybridized carbons (Fsp3) is 0.706. The Morgan fingerprint density at radius 2 is 2.05 bits per heavy atom. The van der Waals surface area contributed by atoms with Crippen molar-refractivity contribution >= 4 is 5.69 Å². The highest BCUT2D eigenvalue weighted by atomic mass is 15.1. The Hall–Kier alpha value is -1.09. The molecule has 1 heterocycles. The molecule has 1 aromatic heterocycles. The molecule has 1 N–H and O–H groups in total. The van der Waals surface area contributed by atoms with Crippen molar-refractivity contribution in [2.24, 2.45) is 5.41 Å². The van der Waals surface area contributed by atoms with Crippen LogP contribution in [0.3, 0.4) is 0 Å². The van der Waals surface area contributed by atoms with Gasteiger partial charge in [-0.05, 0) is 49.3 Å². The van der Waals surface area contributed by atoms with Gasteiger partial charge in [0, 0.05) is 25.8 Å². The number of hydrogen-bond donors (Lipinski definition) is 1. The summed E-state index contributed by atoms with van der Waals surface area (Å²) < 4.78 is 0. The Morgan fingerprint density at radius 1 is 1.35 bits per heavy atom. The van der Waals surface area contributed by atoms with Crippen LogP contribution in [-0.4, -0.2) is 24.6 Å². The predicted molar refractivity (Wildman–Crippen MR) is 86.1 cm³/mol. The van der Waals surface area contributed by atoms with E-state index in [4.69, 9.17) is 0 Å². The van der Waals surface area contributed by atoms with Crippen molar-refractivity contribution in [3.63, 3.8) is 0 Å². The van der Waals surface area contributed by atoms with Crippen molar-refractivity contribution < 1.29 is 0 Å². The number of aromatic nitrogens is 1. The first-order chi connectivity index (χ1) is 9.53. The molecule has 2 rings (SSSR count). The van der Waals surface area contributed by atoms with Crippen molar-refractivity contribution in [2.45, 2.75) is 59.0 Å². The Bertz CT molecular complexity index is 418. The standard InChI is InChI=1S/C17H29N3/c1-5-18-12-14-8-11-19-13-16(14)20(4)15-6-9-17(2,3)10-7-15/h8,11,13,15,18H,5-7,9-10,12H2,1-4H3. The summed E-state index contributed by atoms with van der Waals surface area (Å²) in [6, 6.07) is 2.80. The van der Waals surface area contributed by atoms with E-state index in [0.717, 1.165) is 13.1 Å². The third-order valence-corrected chi connectivity index (χ3v) is 4.69. The molecule has 0 aromatic carbocycles. The summed E-state index contributed by atoms with van der Waals surface area (Å²) in [5.74, 6) is 0. The number of anilines is 1. The van der Waals surface area contributed by atoms with Crippen LogP contribution in [0.15, 0.2) is 18.5 Å². The molecule has 0 radical (unpaired) electrons. The Morgan fingerprint density at radius 3 is 2.70 bits per heavy atom. The molecule has 0 saturated heterocycles. The zero-order valence-corrected chi connectivity index (χ0v) is 13.4. The predicted octanol–water partition coefficient (Wildman–Crippen LogP) is 3.60. The highest BCUT2D eigenvalue weighted by Gasteiger charge is 2.29. The van der Waals surface area contributed by atoms with Gasteiger partial charge in [0.25, 0.3) is 0 Å².